The van der Waals surface area contributed by atoms with E-state index in [2.05, 4.69) is 22.2 Å². The number of aromatic nitrogens is 1. The first kappa shape index (κ1) is 7.25. The summed E-state index contributed by atoms with van der Waals surface area (Å²) in [5, 5.41) is 2.13. The zero-order valence-electron chi connectivity index (χ0n) is 6.66. The summed E-state index contributed by atoms with van der Waals surface area (Å²) in [4.78, 5) is 6.67. The maximum Gasteiger partial charge on any atom is 0.0795 e. The summed E-state index contributed by atoms with van der Waals surface area (Å²) in [6.07, 6.45) is 0. The van der Waals surface area contributed by atoms with Crippen molar-refractivity contribution < 1.29 is 0 Å². The highest BCUT2D eigenvalue weighted by molar-refractivity contribution is 7.07. The van der Waals surface area contributed by atoms with Crippen molar-refractivity contribution >= 4 is 11.3 Å². The van der Waals surface area contributed by atoms with Crippen LogP contribution in [0.15, 0.2) is 10.9 Å². The summed E-state index contributed by atoms with van der Waals surface area (Å²) < 4.78 is 0. The van der Waals surface area contributed by atoms with Gasteiger partial charge in [-0.3, -0.25) is 4.90 Å². The average Bonchev–Trinajstić information content (AvgIpc) is 2.36. The van der Waals surface area contributed by atoms with Crippen LogP contribution in [-0.4, -0.2) is 23.0 Å². The molecule has 0 saturated carbocycles. The molecule has 2 heterocycles. The number of likely N-dealkylation sites (tertiary alicyclic amines) is 1. The molecule has 0 bridgehead atoms. The minimum absolute atomic E-state index is 0.897. The van der Waals surface area contributed by atoms with Gasteiger partial charge in [0, 0.05) is 25.0 Å². The van der Waals surface area contributed by atoms with Crippen molar-refractivity contribution in [2.75, 3.05) is 13.1 Å². The van der Waals surface area contributed by atoms with Gasteiger partial charge in [0.05, 0.1) is 11.2 Å². The lowest BCUT2D eigenvalue weighted by atomic mass is 10.0. The van der Waals surface area contributed by atoms with Crippen molar-refractivity contribution in [1.82, 2.24) is 9.88 Å². The van der Waals surface area contributed by atoms with E-state index < -0.39 is 0 Å². The molecule has 0 spiro atoms. The molecule has 0 radical (unpaired) electrons. The van der Waals surface area contributed by atoms with E-state index in [0.717, 1.165) is 12.5 Å². The summed E-state index contributed by atoms with van der Waals surface area (Å²) in [5.41, 5.74) is 3.13. The van der Waals surface area contributed by atoms with Crippen LogP contribution in [0.2, 0.25) is 0 Å². The lowest BCUT2D eigenvalue weighted by Crippen LogP contribution is -2.44. The largest absolute Gasteiger partial charge is 0.297 e. The molecular formula is C8H12N2S. The van der Waals surface area contributed by atoms with Crippen LogP contribution in [0.1, 0.15) is 12.6 Å². The van der Waals surface area contributed by atoms with Crippen LogP contribution < -0.4 is 0 Å². The van der Waals surface area contributed by atoms with Gasteiger partial charge in [0.1, 0.15) is 0 Å². The predicted octanol–water partition coefficient (Wildman–Crippen LogP) is 1.59. The van der Waals surface area contributed by atoms with Crippen LogP contribution in [0.3, 0.4) is 0 Å². The molecule has 0 amide bonds. The molecule has 1 fully saturated rings. The molecule has 0 unspecified atom stereocenters. The number of nitrogens with zero attached hydrogens (tertiary/aromatic N) is 2. The number of rotatable bonds is 2. The Morgan fingerprint density at radius 2 is 2.55 bits per heavy atom. The Morgan fingerprint density at radius 1 is 1.73 bits per heavy atom. The average molecular weight is 168 g/mol. The number of hydrogen-bond acceptors (Lipinski definition) is 3. The van der Waals surface area contributed by atoms with E-state index in [-0.39, 0.29) is 0 Å². The number of thiazole rings is 1. The highest BCUT2D eigenvalue weighted by Crippen LogP contribution is 2.17. The van der Waals surface area contributed by atoms with E-state index in [1.165, 1.54) is 18.8 Å². The summed E-state index contributed by atoms with van der Waals surface area (Å²) in [7, 11) is 0. The van der Waals surface area contributed by atoms with Crippen molar-refractivity contribution in [2.45, 2.75) is 13.5 Å². The third-order valence-corrected chi connectivity index (χ3v) is 2.64. The Hall–Kier alpha value is -0.410. The minimum atomic E-state index is 0.897. The zero-order chi connectivity index (χ0) is 7.68. The maximum absolute atomic E-state index is 4.24. The highest BCUT2D eigenvalue weighted by Gasteiger charge is 2.22. The molecule has 60 valence electrons. The van der Waals surface area contributed by atoms with E-state index in [4.69, 9.17) is 0 Å². The SMILES string of the molecule is CC1CN(Cc2cscn2)C1. The molecule has 3 heteroatoms. The number of hydrogen-bond donors (Lipinski definition) is 0. The van der Waals surface area contributed by atoms with Crippen molar-refractivity contribution in [2.24, 2.45) is 5.92 Å². The van der Waals surface area contributed by atoms with E-state index in [1.807, 2.05) is 5.51 Å². The monoisotopic (exact) mass is 168 g/mol. The second-order valence-electron chi connectivity index (χ2n) is 3.28. The van der Waals surface area contributed by atoms with E-state index >= 15 is 0 Å². The highest BCUT2D eigenvalue weighted by atomic mass is 32.1. The molecule has 1 aliphatic heterocycles. The topological polar surface area (TPSA) is 16.1 Å². The molecule has 11 heavy (non-hydrogen) atoms. The lowest BCUT2D eigenvalue weighted by Gasteiger charge is -2.36. The van der Waals surface area contributed by atoms with Crippen molar-refractivity contribution in [3.63, 3.8) is 0 Å². The lowest BCUT2D eigenvalue weighted by molar-refractivity contribution is 0.103. The second-order valence-corrected chi connectivity index (χ2v) is 4.00. The van der Waals surface area contributed by atoms with Crippen molar-refractivity contribution in [1.29, 1.82) is 0 Å². The smallest absolute Gasteiger partial charge is 0.0795 e. The Bertz CT molecular complexity index is 214. The third-order valence-electron chi connectivity index (χ3n) is 2.01. The molecule has 1 aromatic heterocycles. The van der Waals surface area contributed by atoms with Gasteiger partial charge < -0.3 is 0 Å². The first-order valence-corrected chi connectivity index (χ1v) is 4.88. The van der Waals surface area contributed by atoms with Gasteiger partial charge in [-0.2, -0.15) is 0 Å². The van der Waals surface area contributed by atoms with Crippen LogP contribution in [0, 0.1) is 5.92 Å². The van der Waals surface area contributed by atoms with Crippen LogP contribution in [0.5, 0.6) is 0 Å². The van der Waals surface area contributed by atoms with Crippen LogP contribution in [-0.2, 0) is 6.54 Å². The maximum atomic E-state index is 4.24. The Morgan fingerprint density at radius 3 is 3.09 bits per heavy atom. The fourth-order valence-corrected chi connectivity index (χ4v) is 2.05. The van der Waals surface area contributed by atoms with E-state index in [9.17, 15) is 0 Å². The van der Waals surface area contributed by atoms with Gasteiger partial charge in [0.15, 0.2) is 0 Å². The molecule has 1 aromatic rings. The minimum Gasteiger partial charge on any atom is -0.297 e. The fraction of sp³-hybridized carbons (Fsp3) is 0.625. The molecular weight excluding hydrogens is 156 g/mol. The Labute approximate surface area is 70.9 Å². The molecule has 0 aliphatic carbocycles. The summed E-state index contributed by atoms with van der Waals surface area (Å²) in [5.74, 6) is 0.897. The summed E-state index contributed by atoms with van der Waals surface area (Å²) in [6.45, 7) is 5.83. The van der Waals surface area contributed by atoms with Gasteiger partial charge in [-0.1, -0.05) is 6.92 Å². The third kappa shape index (κ3) is 1.60. The quantitative estimate of drug-likeness (QED) is 0.666. The van der Waals surface area contributed by atoms with Crippen molar-refractivity contribution in [3.05, 3.63) is 16.6 Å². The predicted molar refractivity (Wildman–Crippen MR) is 46.6 cm³/mol. The zero-order valence-corrected chi connectivity index (χ0v) is 7.47. The fourth-order valence-electron chi connectivity index (χ4n) is 1.50. The van der Waals surface area contributed by atoms with Gasteiger partial charge in [-0.15, -0.1) is 11.3 Å². The summed E-state index contributed by atoms with van der Waals surface area (Å²) >= 11 is 1.68. The van der Waals surface area contributed by atoms with Crippen molar-refractivity contribution in [3.8, 4) is 0 Å². The molecule has 1 saturated heterocycles. The van der Waals surface area contributed by atoms with Gasteiger partial charge in [0.25, 0.3) is 0 Å². The van der Waals surface area contributed by atoms with E-state index in [0.29, 0.717) is 0 Å². The first-order chi connectivity index (χ1) is 5.34. The van der Waals surface area contributed by atoms with E-state index in [1.54, 1.807) is 11.3 Å². The van der Waals surface area contributed by atoms with Gasteiger partial charge >= 0.3 is 0 Å². The summed E-state index contributed by atoms with van der Waals surface area (Å²) in [6, 6.07) is 0. The van der Waals surface area contributed by atoms with Crippen LogP contribution >= 0.6 is 11.3 Å². The standard InChI is InChI=1S/C8H12N2S/c1-7-2-10(3-7)4-8-5-11-6-9-8/h5-7H,2-4H2,1H3. The molecule has 0 atom stereocenters. The second kappa shape index (κ2) is 2.91. The van der Waals surface area contributed by atoms with Gasteiger partial charge in [0.2, 0.25) is 0 Å². The van der Waals surface area contributed by atoms with Gasteiger partial charge in [-0.05, 0) is 5.92 Å². The van der Waals surface area contributed by atoms with Crippen LogP contribution in [0.4, 0.5) is 0 Å². The normalized spacial score (nSPS) is 20.1. The molecule has 2 nitrogen and oxygen atoms in total. The Kier molecular flexibility index (Phi) is 1.92. The Balaban J connectivity index is 1.84. The molecule has 2 rings (SSSR count). The molecule has 1 aliphatic rings. The van der Waals surface area contributed by atoms with Gasteiger partial charge in [-0.25, -0.2) is 4.98 Å². The molecule has 0 aromatic carbocycles. The molecule has 0 N–H and O–H groups in total. The van der Waals surface area contributed by atoms with Crippen LogP contribution in [0.25, 0.3) is 0 Å². The first-order valence-electron chi connectivity index (χ1n) is 3.94.